The van der Waals surface area contributed by atoms with Gasteiger partial charge in [-0.05, 0) is 30.9 Å². The Morgan fingerprint density at radius 2 is 2.05 bits per heavy atom. The van der Waals surface area contributed by atoms with Gasteiger partial charge in [-0.1, -0.05) is 36.3 Å². The maximum absolute atomic E-state index is 11.9. The van der Waals surface area contributed by atoms with E-state index < -0.39 is 0 Å². The number of esters is 1. The monoisotopic (exact) mass is 316 g/mol. The van der Waals surface area contributed by atoms with Gasteiger partial charge in [0, 0.05) is 6.42 Å². The smallest absolute Gasteiger partial charge is 0.306 e. The highest BCUT2D eigenvalue weighted by atomic mass is 32.1. The van der Waals surface area contributed by atoms with Crippen LogP contribution >= 0.6 is 11.3 Å². The van der Waals surface area contributed by atoms with Crippen molar-refractivity contribution >= 4 is 32.7 Å². The van der Waals surface area contributed by atoms with E-state index in [4.69, 9.17) is 4.74 Å². The first kappa shape index (κ1) is 14.0. The standard InChI is InChI=1S/C17H20N2O2S/c20-16(9-12-5-1-2-6-12)21-13-10-19(11-13)17-18-14-7-3-4-8-15(14)22-17/h3-4,7-8,12-13H,1-2,5-6,9-11H2. The predicted molar refractivity (Wildman–Crippen MR) is 88.3 cm³/mol. The number of fused-ring (bicyclic) bond motifs is 1. The van der Waals surface area contributed by atoms with Crippen molar-refractivity contribution < 1.29 is 9.53 Å². The third-order valence-electron chi connectivity index (χ3n) is 4.63. The topological polar surface area (TPSA) is 42.4 Å². The Kier molecular flexibility index (Phi) is 3.74. The number of anilines is 1. The molecule has 0 spiro atoms. The number of hydrogen-bond donors (Lipinski definition) is 0. The van der Waals surface area contributed by atoms with E-state index >= 15 is 0 Å². The second-order valence-corrected chi connectivity index (χ2v) is 7.34. The molecule has 0 unspecified atom stereocenters. The maximum Gasteiger partial charge on any atom is 0.306 e. The molecule has 5 heteroatoms. The molecule has 116 valence electrons. The Morgan fingerprint density at radius 1 is 1.27 bits per heavy atom. The van der Waals surface area contributed by atoms with Gasteiger partial charge in [0.1, 0.15) is 6.10 Å². The van der Waals surface area contributed by atoms with Crippen LogP contribution in [0.15, 0.2) is 24.3 Å². The summed E-state index contributed by atoms with van der Waals surface area (Å²) < 4.78 is 6.78. The molecule has 4 rings (SSSR count). The number of nitrogens with zero attached hydrogens (tertiary/aromatic N) is 2. The molecule has 0 radical (unpaired) electrons. The zero-order chi connectivity index (χ0) is 14.9. The molecule has 1 aromatic heterocycles. The number of ether oxygens (including phenoxy) is 1. The van der Waals surface area contributed by atoms with Gasteiger partial charge < -0.3 is 9.64 Å². The van der Waals surface area contributed by atoms with Gasteiger partial charge in [-0.25, -0.2) is 4.98 Å². The zero-order valence-electron chi connectivity index (χ0n) is 12.5. The fraction of sp³-hybridized carbons (Fsp3) is 0.529. The Labute approximate surface area is 134 Å². The molecule has 1 aliphatic carbocycles. The number of hydrogen-bond acceptors (Lipinski definition) is 5. The lowest BCUT2D eigenvalue weighted by Crippen LogP contribution is -2.53. The highest BCUT2D eigenvalue weighted by Crippen LogP contribution is 2.32. The lowest BCUT2D eigenvalue weighted by Gasteiger charge is -2.38. The summed E-state index contributed by atoms with van der Waals surface area (Å²) in [6.45, 7) is 1.55. The predicted octanol–water partition coefficient (Wildman–Crippen LogP) is 3.61. The third-order valence-corrected chi connectivity index (χ3v) is 5.73. The van der Waals surface area contributed by atoms with Crippen LogP contribution in [0.3, 0.4) is 0 Å². The Hall–Kier alpha value is -1.62. The van der Waals surface area contributed by atoms with E-state index in [0.29, 0.717) is 12.3 Å². The lowest BCUT2D eigenvalue weighted by atomic mass is 10.0. The van der Waals surface area contributed by atoms with Gasteiger partial charge in [0.2, 0.25) is 0 Å². The number of carbonyl (C=O) groups is 1. The van der Waals surface area contributed by atoms with E-state index in [9.17, 15) is 4.79 Å². The number of thiazole rings is 1. The van der Waals surface area contributed by atoms with Crippen molar-refractivity contribution in [2.75, 3.05) is 18.0 Å². The summed E-state index contributed by atoms with van der Waals surface area (Å²) in [5.74, 6) is 0.550. The van der Waals surface area contributed by atoms with Crippen LogP contribution in [0.2, 0.25) is 0 Å². The summed E-state index contributed by atoms with van der Waals surface area (Å²) >= 11 is 1.70. The first-order valence-corrected chi connectivity index (χ1v) is 8.89. The van der Waals surface area contributed by atoms with Crippen molar-refractivity contribution in [3.63, 3.8) is 0 Å². The summed E-state index contributed by atoms with van der Waals surface area (Å²) in [5.41, 5.74) is 1.05. The molecule has 0 atom stereocenters. The molecule has 1 aromatic carbocycles. The van der Waals surface area contributed by atoms with E-state index in [1.807, 2.05) is 18.2 Å². The molecule has 0 amide bonds. The molecule has 2 fully saturated rings. The SMILES string of the molecule is O=C(CC1CCCC1)OC1CN(c2nc3ccccc3s2)C1. The first-order valence-electron chi connectivity index (χ1n) is 8.08. The highest BCUT2D eigenvalue weighted by Gasteiger charge is 2.32. The van der Waals surface area contributed by atoms with Gasteiger partial charge in [-0.2, -0.15) is 0 Å². The Morgan fingerprint density at radius 3 is 2.82 bits per heavy atom. The molecule has 0 bridgehead atoms. The summed E-state index contributed by atoms with van der Waals surface area (Å²) in [5, 5.41) is 1.03. The molecule has 1 saturated heterocycles. The average molecular weight is 316 g/mol. The third kappa shape index (κ3) is 2.82. The molecule has 22 heavy (non-hydrogen) atoms. The minimum Gasteiger partial charge on any atom is -0.459 e. The van der Waals surface area contributed by atoms with Crippen LogP contribution in [0.1, 0.15) is 32.1 Å². The first-order chi connectivity index (χ1) is 10.8. The number of aromatic nitrogens is 1. The number of benzene rings is 1. The van der Waals surface area contributed by atoms with E-state index in [-0.39, 0.29) is 12.1 Å². The minimum atomic E-state index is -0.0131. The summed E-state index contributed by atoms with van der Waals surface area (Å²) in [6.07, 6.45) is 5.58. The molecule has 2 heterocycles. The second-order valence-electron chi connectivity index (χ2n) is 6.34. The van der Waals surface area contributed by atoms with Gasteiger partial charge in [-0.15, -0.1) is 0 Å². The van der Waals surface area contributed by atoms with Gasteiger partial charge in [0.25, 0.3) is 0 Å². The number of para-hydroxylation sites is 1. The van der Waals surface area contributed by atoms with Crippen molar-refractivity contribution in [1.82, 2.24) is 4.98 Å². The maximum atomic E-state index is 11.9. The van der Waals surface area contributed by atoms with Gasteiger partial charge in [0.05, 0.1) is 23.3 Å². The fourth-order valence-electron chi connectivity index (χ4n) is 3.35. The average Bonchev–Trinajstić information content (AvgIpc) is 3.10. The quantitative estimate of drug-likeness (QED) is 0.808. The van der Waals surface area contributed by atoms with E-state index in [1.54, 1.807) is 11.3 Å². The molecule has 0 N–H and O–H groups in total. The largest absolute Gasteiger partial charge is 0.459 e. The van der Waals surface area contributed by atoms with Crippen LogP contribution in [-0.4, -0.2) is 30.1 Å². The van der Waals surface area contributed by atoms with Crippen LogP contribution in [0.25, 0.3) is 10.2 Å². The minimum absolute atomic E-state index is 0.0131. The van der Waals surface area contributed by atoms with Crippen LogP contribution in [0.4, 0.5) is 5.13 Å². The molecule has 4 nitrogen and oxygen atoms in total. The Balaban J connectivity index is 1.29. The van der Waals surface area contributed by atoms with E-state index in [0.717, 1.165) is 23.7 Å². The van der Waals surface area contributed by atoms with Crippen molar-refractivity contribution in [3.8, 4) is 0 Å². The lowest BCUT2D eigenvalue weighted by molar-refractivity contribution is -0.151. The van der Waals surface area contributed by atoms with Crippen molar-refractivity contribution in [3.05, 3.63) is 24.3 Å². The van der Waals surface area contributed by atoms with Crippen molar-refractivity contribution in [1.29, 1.82) is 0 Å². The summed E-state index contributed by atoms with van der Waals surface area (Å²) in [4.78, 5) is 18.8. The molecule has 2 aliphatic rings. The van der Waals surface area contributed by atoms with Crippen molar-refractivity contribution in [2.24, 2.45) is 5.92 Å². The second kappa shape index (κ2) is 5.88. The van der Waals surface area contributed by atoms with Crippen LogP contribution in [-0.2, 0) is 9.53 Å². The molecular weight excluding hydrogens is 296 g/mol. The number of carbonyl (C=O) groups excluding carboxylic acids is 1. The molecular formula is C17H20N2O2S. The fourth-order valence-corrected chi connectivity index (χ4v) is 4.33. The van der Waals surface area contributed by atoms with Crippen LogP contribution in [0, 0.1) is 5.92 Å². The van der Waals surface area contributed by atoms with Gasteiger partial charge >= 0.3 is 5.97 Å². The zero-order valence-corrected chi connectivity index (χ0v) is 13.3. The normalized spacial score (nSPS) is 19.5. The van der Waals surface area contributed by atoms with Gasteiger partial charge in [-0.3, -0.25) is 4.79 Å². The van der Waals surface area contributed by atoms with E-state index in [2.05, 4.69) is 16.0 Å². The molecule has 1 aliphatic heterocycles. The van der Waals surface area contributed by atoms with Crippen LogP contribution < -0.4 is 4.90 Å². The van der Waals surface area contributed by atoms with Crippen molar-refractivity contribution in [2.45, 2.75) is 38.2 Å². The summed E-state index contributed by atoms with van der Waals surface area (Å²) in [6, 6.07) is 8.17. The highest BCUT2D eigenvalue weighted by molar-refractivity contribution is 7.22. The molecule has 1 saturated carbocycles. The Bertz CT molecular complexity index is 639. The van der Waals surface area contributed by atoms with E-state index in [1.165, 1.54) is 30.4 Å². The molecule has 2 aromatic rings. The number of rotatable bonds is 4. The van der Waals surface area contributed by atoms with Gasteiger partial charge in [0.15, 0.2) is 5.13 Å². The summed E-state index contributed by atoms with van der Waals surface area (Å²) in [7, 11) is 0. The van der Waals surface area contributed by atoms with Crippen LogP contribution in [0.5, 0.6) is 0 Å².